The van der Waals surface area contributed by atoms with Gasteiger partial charge in [-0.25, -0.2) is 4.79 Å². The maximum atomic E-state index is 12.7. The zero-order valence-corrected chi connectivity index (χ0v) is 35.2. The monoisotopic (exact) mass is 839 g/mol. The molecular weight excluding hydrogens is 783 g/mol. The molecule has 0 aliphatic heterocycles. The number of aliphatic imine (C=N–C) groups is 1. The number of amides is 2. The number of isothiocyanates is 1. The van der Waals surface area contributed by atoms with Crippen LogP contribution in [0.25, 0.3) is 0 Å². The summed E-state index contributed by atoms with van der Waals surface area (Å²) < 4.78 is 15.4. The second kappa shape index (κ2) is 28.7. The fourth-order valence-electron chi connectivity index (χ4n) is 4.59. The number of carbonyl (C=O) groups is 6. The third kappa shape index (κ3) is 23.9. The van der Waals surface area contributed by atoms with Gasteiger partial charge in [-0.3, -0.25) is 43.6 Å². The second-order valence-electron chi connectivity index (χ2n) is 12.9. The standard InChI is InChI=1S/C36H57N9O10S2/c1-7-42(4)22-31(48)53-36(54-32(49)23-43(5)8-2)55-33(50)24-44(6)18-19-45(9-3)21-30(47)38-20-29(46)41-28(34(51)52)12-10-11-17-37-35(57)40-27-15-13-26(14-16-27)39-25-56/h13-16,28,36H,7-12,17-24H2,1-6H3,(H,38,47)(H,41,46)(H,51,52)(H2,37,40,57)/t28-/m0/s1. The molecule has 19 nitrogen and oxygen atoms in total. The number of benzene rings is 1. The first-order valence-corrected chi connectivity index (χ1v) is 19.3. The number of hydrogen-bond donors (Lipinski definition) is 5. The summed E-state index contributed by atoms with van der Waals surface area (Å²) in [5.41, 5.74) is 1.42. The van der Waals surface area contributed by atoms with Crippen LogP contribution in [0.1, 0.15) is 40.0 Å². The number of carboxylic acids is 1. The van der Waals surface area contributed by atoms with Gasteiger partial charge in [-0.05, 0) is 109 Å². The van der Waals surface area contributed by atoms with E-state index in [2.05, 4.69) is 43.6 Å². The van der Waals surface area contributed by atoms with E-state index < -0.39 is 54.8 Å². The number of carbonyl (C=O) groups excluding carboxylic acids is 5. The molecule has 0 unspecified atom stereocenters. The molecule has 1 rings (SSSR count). The summed E-state index contributed by atoms with van der Waals surface area (Å²) in [6, 6.07) is 5.96. The minimum absolute atomic E-state index is 0.0613. The van der Waals surface area contributed by atoms with Crippen molar-refractivity contribution >= 4 is 81.8 Å². The van der Waals surface area contributed by atoms with Crippen LogP contribution in [0.2, 0.25) is 0 Å². The Morgan fingerprint density at radius 2 is 1.33 bits per heavy atom. The Balaban J connectivity index is 2.47. The number of thiocarbonyl (C=S) groups is 2. The Hall–Kier alpha value is -4.63. The van der Waals surface area contributed by atoms with Crippen molar-refractivity contribution in [3.05, 3.63) is 24.3 Å². The van der Waals surface area contributed by atoms with Gasteiger partial charge < -0.3 is 40.6 Å². The molecule has 1 aromatic carbocycles. The SMILES string of the molecule is CCN(C)CC(=O)OC(OC(=O)CN(C)CC)OC(=O)CN(C)CCN(CC)CC(=O)NCC(=O)N[C@@H](CCCCNC(=S)Nc1ccc(N=C=S)cc1)C(=O)O. The summed E-state index contributed by atoms with van der Waals surface area (Å²) in [7, 11) is 5.03. The highest BCUT2D eigenvalue weighted by Gasteiger charge is 2.26. The van der Waals surface area contributed by atoms with Gasteiger partial charge in [0.25, 0.3) is 0 Å². The zero-order chi connectivity index (χ0) is 42.8. The lowest BCUT2D eigenvalue weighted by Crippen LogP contribution is -2.47. The molecule has 0 spiro atoms. The second-order valence-corrected chi connectivity index (χ2v) is 13.5. The van der Waals surface area contributed by atoms with Crippen LogP contribution in [-0.4, -0.2) is 176 Å². The molecule has 0 aliphatic carbocycles. The van der Waals surface area contributed by atoms with Crippen molar-refractivity contribution in [3.8, 4) is 0 Å². The lowest BCUT2D eigenvalue weighted by atomic mass is 10.1. The Labute approximate surface area is 344 Å². The van der Waals surface area contributed by atoms with Crippen molar-refractivity contribution in [3.63, 3.8) is 0 Å². The highest BCUT2D eigenvalue weighted by Crippen LogP contribution is 2.15. The smallest absolute Gasteiger partial charge is 0.412 e. The number of nitrogens with one attached hydrogen (secondary N) is 4. The van der Waals surface area contributed by atoms with Gasteiger partial charge in [0.15, 0.2) is 5.11 Å². The van der Waals surface area contributed by atoms with Crippen LogP contribution in [0, 0.1) is 0 Å². The number of ether oxygens (including phenoxy) is 3. The number of aliphatic carboxylic acids is 1. The molecule has 1 aromatic rings. The predicted octanol–water partition coefficient (Wildman–Crippen LogP) is 0.634. The summed E-state index contributed by atoms with van der Waals surface area (Å²) >= 11 is 9.88. The normalized spacial score (nSPS) is 11.5. The van der Waals surface area contributed by atoms with Gasteiger partial charge in [0.2, 0.25) is 11.8 Å². The van der Waals surface area contributed by atoms with Crippen LogP contribution in [0.3, 0.4) is 0 Å². The number of rotatable bonds is 28. The van der Waals surface area contributed by atoms with E-state index in [9.17, 15) is 33.9 Å². The minimum Gasteiger partial charge on any atom is -0.480 e. The van der Waals surface area contributed by atoms with E-state index in [4.69, 9.17) is 26.4 Å². The van der Waals surface area contributed by atoms with E-state index in [-0.39, 0.29) is 32.6 Å². The van der Waals surface area contributed by atoms with E-state index in [1.807, 2.05) is 20.8 Å². The van der Waals surface area contributed by atoms with Crippen LogP contribution in [0.15, 0.2) is 29.3 Å². The molecule has 0 aromatic heterocycles. The first-order valence-electron chi connectivity index (χ1n) is 18.5. The molecular formula is C36H57N9O10S2. The average Bonchev–Trinajstić information content (AvgIpc) is 3.15. The average molecular weight is 840 g/mol. The summed E-state index contributed by atoms with van der Waals surface area (Å²) in [6.45, 7) is 5.48. The Bertz CT molecular complexity index is 1490. The molecule has 318 valence electrons. The molecule has 57 heavy (non-hydrogen) atoms. The number of likely N-dealkylation sites (N-methyl/N-ethyl adjacent to an activating group) is 4. The molecule has 0 aliphatic rings. The zero-order valence-electron chi connectivity index (χ0n) is 33.5. The van der Waals surface area contributed by atoms with E-state index in [0.717, 1.165) is 5.69 Å². The van der Waals surface area contributed by atoms with Gasteiger partial charge in [-0.15, -0.1) is 0 Å². The van der Waals surface area contributed by atoms with Crippen LogP contribution in [0.4, 0.5) is 11.4 Å². The largest absolute Gasteiger partial charge is 0.480 e. The molecule has 0 radical (unpaired) electrons. The molecule has 0 heterocycles. The molecule has 2 amide bonds. The van der Waals surface area contributed by atoms with Crippen molar-refractivity contribution in [2.24, 2.45) is 4.99 Å². The van der Waals surface area contributed by atoms with E-state index in [1.165, 1.54) is 0 Å². The van der Waals surface area contributed by atoms with Crippen LogP contribution < -0.4 is 21.3 Å². The van der Waals surface area contributed by atoms with Gasteiger partial charge in [0, 0.05) is 25.3 Å². The first kappa shape index (κ1) is 50.4. The van der Waals surface area contributed by atoms with Gasteiger partial charge in [-0.1, -0.05) is 20.8 Å². The number of nitrogens with zero attached hydrogens (tertiary/aromatic N) is 5. The topological polar surface area (TPSA) is 224 Å². The predicted molar refractivity (Wildman–Crippen MR) is 220 cm³/mol. The van der Waals surface area contributed by atoms with Crippen molar-refractivity contribution in [1.29, 1.82) is 0 Å². The van der Waals surface area contributed by atoms with Crippen molar-refractivity contribution in [2.45, 2.75) is 52.6 Å². The lowest BCUT2D eigenvalue weighted by molar-refractivity contribution is -0.258. The quantitative estimate of drug-likeness (QED) is 0.0257. The molecule has 21 heteroatoms. The third-order valence-corrected chi connectivity index (χ3v) is 8.49. The Kier molecular flexibility index (Phi) is 25.4. The van der Waals surface area contributed by atoms with Crippen molar-refractivity contribution in [2.75, 3.05) is 98.5 Å². The number of carboxylic acid groups (broad SMARTS) is 1. The van der Waals surface area contributed by atoms with E-state index in [1.54, 1.807) is 65.0 Å². The molecule has 5 N–H and O–H groups in total. The minimum atomic E-state index is -1.86. The molecule has 0 saturated carbocycles. The van der Waals surface area contributed by atoms with E-state index >= 15 is 0 Å². The van der Waals surface area contributed by atoms with Crippen LogP contribution in [0.5, 0.6) is 0 Å². The number of unbranched alkanes of at least 4 members (excludes halogenated alkanes) is 1. The lowest BCUT2D eigenvalue weighted by Gasteiger charge is -2.24. The van der Waals surface area contributed by atoms with Crippen molar-refractivity contribution in [1.82, 2.24) is 35.6 Å². The van der Waals surface area contributed by atoms with Crippen molar-refractivity contribution < 1.29 is 48.1 Å². The highest BCUT2D eigenvalue weighted by atomic mass is 32.1. The molecule has 1 atom stereocenters. The fourth-order valence-corrected chi connectivity index (χ4v) is 4.92. The number of esters is 3. The molecule has 0 bridgehead atoms. The fraction of sp³-hybridized carbons (Fsp3) is 0.611. The summed E-state index contributed by atoms with van der Waals surface area (Å²) in [5, 5.41) is 23.3. The molecule has 0 saturated heterocycles. The number of hydrogen-bond acceptors (Lipinski definition) is 16. The molecule has 0 fully saturated rings. The highest BCUT2D eigenvalue weighted by molar-refractivity contribution is 7.80. The number of anilines is 1. The van der Waals surface area contributed by atoms with Gasteiger partial charge in [-0.2, -0.15) is 4.99 Å². The van der Waals surface area contributed by atoms with E-state index in [0.29, 0.717) is 62.9 Å². The Morgan fingerprint density at radius 3 is 1.84 bits per heavy atom. The first-order chi connectivity index (χ1) is 27.1. The maximum absolute atomic E-state index is 12.7. The van der Waals surface area contributed by atoms with Gasteiger partial charge >= 0.3 is 30.4 Å². The maximum Gasteiger partial charge on any atom is 0.412 e. The van der Waals surface area contributed by atoms with Gasteiger partial charge in [0.1, 0.15) is 6.04 Å². The Morgan fingerprint density at radius 1 is 0.772 bits per heavy atom. The van der Waals surface area contributed by atoms with Crippen LogP contribution >= 0.6 is 24.4 Å². The summed E-state index contributed by atoms with van der Waals surface area (Å²) in [6.07, 6.45) is 1.24. The third-order valence-electron chi connectivity index (χ3n) is 8.16. The summed E-state index contributed by atoms with van der Waals surface area (Å²) in [5.74, 6) is -4.59. The van der Waals surface area contributed by atoms with Gasteiger partial charge in [0.05, 0.1) is 43.6 Å². The summed E-state index contributed by atoms with van der Waals surface area (Å²) in [4.78, 5) is 84.8. The van der Waals surface area contributed by atoms with Crippen LogP contribution in [-0.2, 0) is 43.0 Å².